The number of likely N-dealkylation sites (tertiary alicyclic amines) is 1. The van der Waals surface area contributed by atoms with Crippen molar-refractivity contribution < 1.29 is 17.9 Å². The molecule has 9 heteroatoms. The number of benzene rings is 1. The Morgan fingerprint density at radius 3 is 2.69 bits per heavy atom. The number of amides is 1. The highest BCUT2D eigenvalue weighted by molar-refractivity contribution is 7.88. The van der Waals surface area contributed by atoms with Gasteiger partial charge in [0.1, 0.15) is 5.60 Å². The van der Waals surface area contributed by atoms with Gasteiger partial charge in [0.05, 0.1) is 5.75 Å². The number of halogens is 2. The Morgan fingerprint density at radius 2 is 2.04 bits per heavy atom. The highest BCUT2D eigenvalue weighted by Crippen LogP contribution is 2.23. The van der Waals surface area contributed by atoms with Crippen LogP contribution in [-0.2, 0) is 20.5 Å². The fraction of sp³-hybridized carbons (Fsp3) is 0.588. The van der Waals surface area contributed by atoms with Crippen LogP contribution in [0, 0.1) is 0 Å². The van der Waals surface area contributed by atoms with Gasteiger partial charge in [0.15, 0.2) is 0 Å². The average molecular weight is 423 g/mol. The maximum absolute atomic E-state index is 12.5. The molecule has 6 nitrogen and oxygen atoms in total. The van der Waals surface area contributed by atoms with E-state index < -0.39 is 21.7 Å². The van der Waals surface area contributed by atoms with E-state index in [9.17, 15) is 13.2 Å². The minimum atomic E-state index is -3.63. The Balaban J connectivity index is 2.00. The standard InChI is InChI=1S/C17H24Cl2N2O4S/c1-17(2,3)25-16(22)21-8-4-5-14(10-21)20-26(23,24)11-12-9-13(18)6-7-15(12)19/h6-7,9,14,20H,4-5,8,10-11H2,1-3H3/t14-/m1/s1. The molecule has 1 atom stereocenters. The van der Waals surface area contributed by atoms with E-state index in [-0.39, 0.29) is 18.3 Å². The largest absolute Gasteiger partial charge is 0.444 e. The predicted molar refractivity (Wildman–Crippen MR) is 103 cm³/mol. The van der Waals surface area contributed by atoms with Crippen molar-refractivity contribution in [3.05, 3.63) is 33.8 Å². The minimum absolute atomic E-state index is 0.269. The molecule has 0 saturated carbocycles. The summed E-state index contributed by atoms with van der Waals surface area (Å²) in [5.41, 5.74) is -0.154. The van der Waals surface area contributed by atoms with Crippen LogP contribution in [-0.4, -0.2) is 44.1 Å². The Bertz CT molecular complexity index is 763. The summed E-state index contributed by atoms with van der Waals surface area (Å²) in [6.45, 7) is 6.21. The molecule has 0 unspecified atom stereocenters. The van der Waals surface area contributed by atoms with Crippen molar-refractivity contribution in [2.24, 2.45) is 0 Å². The Labute approximate surface area is 164 Å². The zero-order valence-corrected chi connectivity index (χ0v) is 17.4. The van der Waals surface area contributed by atoms with Gasteiger partial charge >= 0.3 is 6.09 Å². The lowest BCUT2D eigenvalue weighted by Crippen LogP contribution is -2.50. The van der Waals surface area contributed by atoms with Gasteiger partial charge < -0.3 is 9.64 Å². The van der Waals surface area contributed by atoms with Gasteiger partial charge in [0, 0.05) is 29.2 Å². The molecule has 0 spiro atoms. The first-order chi connectivity index (χ1) is 12.0. The van der Waals surface area contributed by atoms with Crippen molar-refractivity contribution in [3.8, 4) is 0 Å². The Hall–Kier alpha value is -1.02. The van der Waals surface area contributed by atoms with Crippen LogP contribution < -0.4 is 4.72 Å². The molecule has 2 rings (SSSR count). The Morgan fingerprint density at radius 1 is 1.35 bits per heavy atom. The molecule has 1 saturated heterocycles. The fourth-order valence-electron chi connectivity index (χ4n) is 2.72. The molecule has 0 bridgehead atoms. The van der Waals surface area contributed by atoms with E-state index in [4.69, 9.17) is 27.9 Å². The van der Waals surface area contributed by atoms with E-state index >= 15 is 0 Å². The van der Waals surface area contributed by atoms with Gasteiger partial charge in [0.25, 0.3) is 0 Å². The third-order valence-corrected chi connectivity index (χ3v) is 5.76. The Kier molecular flexibility index (Phi) is 6.82. The molecule has 1 aliphatic heterocycles. The minimum Gasteiger partial charge on any atom is -0.444 e. The summed E-state index contributed by atoms with van der Waals surface area (Å²) in [4.78, 5) is 13.7. The fourth-order valence-corrected chi connectivity index (χ4v) is 4.61. The smallest absolute Gasteiger partial charge is 0.410 e. The number of carbonyl (C=O) groups excluding carboxylic acids is 1. The number of hydrogen-bond acceptors (Lipinski definition) is 4. The van der Waals surface area contributed by atoms with Crippen LogP contribution in [0.3, 0.4) is 0 Å². The van der Waals surface area contributed by atoms with E-state index in [0.29, 0.717) is 35.0 Å². The van der Waals surface area contributed by atoms with E-state index in [1.807, 2.05) is 0 Å². The van der Waals surface area contributed by atoms with E-state index in [0.717, 1.165) is 0 Å². The maximum Gasteiger partial charge on any atom is 0.410 e. The summed E-state index contributed by atoms with van der Waals surface area (Å²) in [7, 11) is -3.63. The summed E-state index contributed by atoms with van der Waals surface area (Å²) < 4.78 is 33.0. The van der Waals surface area contributed by atoms with Gasteiger partial charge in [0.2, 0.25) is 10.0 Å². The third kappa shape index (κ3) is 6.61. The number of ether oxygens (including phenoxy) is 1. The van der Waals surface area contributed by atoms with Crippen LogP contribution in [0.5, 0.6) is 0 Å². The van der Waals surface area contributed by atoms with Gasteiger partial charge in [-0.2, -0.15) is 0 Å². The average Bonchev–Trinajstić information content (AvgIpc) is 2.48. The molecular weight excluding hydrogens is 399 g/mol. The number of hydrogen-bond donors (Lipinski definition) is 1. The number of nitrogens with one attached hydrogen (secondary N) is 1. The van der Waals surface area contributed by atoms with Gasteiger partial charge in [-0.15, -0.1) is 0 Å². The second kappa shape index (κ2) is 8.33. The number of rotatable bonds is 4. The van der Waals surface area contributed by atoms with Crippen LogP contribution in [0.4, 0.5) is 4.79 Å². The molecule has 0 aromatic heterocycles. The lowest BCUT2D eigenvalue weighted by molar-refractivity contribution is 0.0195. The second-order valence-corrected chi connectivity index (χ2v) is 9.98. The van der Waals surface area contributed by atoms with Crippen molar-refractivity contribution in [2.75, 3.05) is 13.1 Å². The summed E-state index contributed by atoms with van der Waals surface area (Å²) in [6, 6.07) is 4.35. The van der Waals surface area contributed by atoms with Gasteiger partial charge in [-0.05, 0) is 57.4 Å². The highest BCUT2D eigenvalue weighted by atomic mass is 35.5. The van der Waals surface area contributed by atoms with E-state index in [1.165, 1.54) is 11.0 Å². The molecule has 26 heavy (non-hydrogen) atoms. The first-order valence-electron chi connectivity index (χ1n) is 8.37. The predicted octanol–water partition coefficient (Wildman–Crippen LogP) is 3.81. The summed E-state index contributed by atoms with van der Waals surface area (Å²) >= 11 is 12.0. The van der Waals surface area contributed by atoms with Crippen molar-refractivity contribution in [2.45, 2.75) is 51.0 Å². The van der Waals surface area contributed by atoms with Gasteiger partial charge in [-0.25, -0.2) is 17.9 Å². The number of nitrogens with zero attached hydrogens (tertiary/aromatic N) is 1. The monoisotopic (exact) mass is 422 g/mol. The number of carbonyl (C=O) groups is 1. The molecule has 146 valence electrons. The van der Waals surface area contributed by atoms with Gasteiger partial charge in [-0.3, -0.25) is 0 Å². The molecule has 1 aliphatic rings. The summed E-state index contributed by atoms with van der Waals surface area (Å²) in [5, 5.41) is 0.771. The zero-order chi connectivity index (χ0) is 19.5. The maximum atomic E-state index is 12.5. The molecule has 1 aromatic rings. The zero-order valence-electron chi connectivity index (χ0n) is 15.1. The molecule has 1 fully saturated rings. The quantitative estimate of drug-likeness (QED) is 0.799. The second-order valence-electron chi connectivity index (χ2n) is 7.38. The molecule has 1 aromatic carbocycles. The van der Waals surface area contributed by atoms with Crippen molar-refractivity contribution in [3.63, 3.8) is 0 Å². The summed E-state index contributed by atoms with van der Waals surface area (Å²) in [5.74, 6) is -0.269. The first-order valence-corrected chi connectivity index (χ1v) is 10.8. The molecule has 1 heterocycles. The van der Waals surface area contributed by atoms with E-state index in [2.05, 4.69) is 4.72 Å². The lowest BCUT2D eigenvalue weighted by atomic mass is 10.1. The lowest BCUT2D eigenvalue weighted by Gasteiger charge is -2.34. The normalized spacial score (nSPS) is 18.7. The highest BCUT2D eigenvalue weighted by Gasteiger charge is 2.30. The molecule has 0 radical (unpaired) electrons. The first kappa shape index (κ1) is 21.3. The van der Waals surface area contributed by atoms with Crippen LogP contribution >= 0.6 is 23.2 Å². The molecule has 1 amide bonds. The van der Waals surface area contributed by atoms with Crippen molar-refractivity contribution in [1.82, 2.24) is 9.62 Å². The van der Waals surface area contributed by atoms with Crippen molar-refractivity contribution >= 4 is 39.3 Å². The van der Waals surface area contributed by atoms with Crippen molar-refractivity contribution in [1.29, 1.82) is 0 Å². The molecule has 0 aliphatic carbocycles. The van der Waals surface area contributed by atoms with Gasteiger partial charge in [-0.1, -0.05) is 23.2 Å². The number of piperidine rings is 1. The molecular formula is C17H24Cl2N2O4S. The topological polar surface area (TPSA) is 75.7 Å². The van der Waals surface area contributed by atoms with Crippen LogP contribution in [0.15, 0.2) is 18.2 Å². The van der Waals surface area contributed by atoms with E-state index in [1.54, 1.807) is 32.9 Å². The SMILES string of the molecule is CC(C)(C)OC(=O)N1CCC[C@@H](NS(=O)(=O)Cc2cc(Cl)ccc2Cl)C1. The summed E-state index contributed by atoms with van der Waals surface area (Å²) in [6.07, 6.45) is 0.922. The number of sulfonamides is 1. The van der Waals surface area contributed by atoms with Crippen LogP contribution in [0.25, 0.3) is 0 Å². The molecule has 1 N–H and O–H groups in total. The van der Waals surface area contributed by atoms with Crippen LogP contribution in [0.2, 0.25) is 10.0 Å². The van der Waals surface area contributed by atoms with Crippen LogP contribution in [0.1, 0.15) is 39.2 Å². The third-order valence-electron chi connectivity index (χ3n) is 3.77.